The molecule has 180 valence electrons. The second-order valence-corrected chi connectivity index (χ2v) is 9.40. The predicted octanol–water partition coefficient (Wildman–Crippen LogP) is 7.32. The molecule has 1 heterocycles. The summed E-state index contributed by atoms with van der Waals surface area (Å²) in [7, 11) is 0. The fraction of sp³-hybridized carbons (Fsp3) is 0.846. The highest BCUT2D eigenvalue weighted by Gasteiger charge is 2.19. The molecule has 0 spiro atoms. The van der Waals surface area contributed by atoms with Crippen LogP contribution in [0, 0.1) is 5.92 Å². The average molecular weight is 436 g/mol. The largest absolute Gasteiger partial charge is 0.446 e. The second kappa shape index (κ2) is 18.2. The summed E-state index contributed by atoms with van der Waals surface area (Å²) in [5, 5.41) is 2.93. The Kier molecular flexibility index (Phi) is 16.3. The zero-order valence-electron chi connectivity index (χ0n) is 20.6. The molecule has 0 fully saturated rings. The summed E-state index contributed by atoms with van der Waals surface area (Å²) in [6.07, 6.45) is 23.0. The van der Waals surface area contributed by atoms with Crippen LogP contribution in [0.25, 0.3) is 0 Å². The van der Waals surface area contributed by atoms with E-state index >= 15 is 0 Å². The van der Waals surface area contributed by atoms with Crippen molar-refractivity contribution in [1.29, 1.82) is 0 Å². The minimum atomic E-state index is -0.276. The van der Waals surface area contributed by atoms with Crippen LogP contribution in [0.3, 0.4) is 0 Å². The molecule has 31 heavy (non-hydrogen) atoms. The number of oxazole rings is 1. The SMILES string of the molecule is CCCCCCCCCCCCCCCCCCNC(=O)c1coc(C(N)C(C)C)n1. The maximum absolute atomic E-state index is 12.1. The third kappa shape index (κ3) is 13.6. The van der Waals surface area contributed by atoms with Gasteiger partial charge in [0, 0.05) is 6.54 Å². The van der Waals surface area contributed by atoms with Gasteiger partial charge in [-0.2, -0.15) is 0 Å². The highest BCUT2D eigenvalue weighted by molar-refractivity contribution is 5.91. The van der Waals surface area contributed by atoms with E-state index < -0.39 is 0 Å². The van der Waals surface area contributed by atoms with Crippen molar-refractivity contribution in [3.8, 4) is 0 Å². The quantitative estimate of drug-likeness (QED) is 0.210. The monoisotopic (exact) mass is 435 g/mol. The van der Waals surface area contributed by atoms with Crippen molar-refractivity contribution >= 4 is 5.91 Å². The van der Waals surface area contributed by atoms with Gasteiger partial charge in [-0.1, -0.05) is 117 Å². The number of hydrogen-bond donors (Lipinski definition) is 2. The van der Waals surface area contributed by atoms with Gasteiger partial charge in [0.2, 0.25) is 5.89 Å². The molecule has 1 aromatic rings. The molecule has 0 saturated heterocycles. The minimum absolute atomic E-state index is 0.174. The van der Waals surface area contributed by atoms with Crippen LogP contribution in [0.1, 0.15) is 146 Å². The Balaban J connectivity index is 1.88. The Morgan fingerprint density at radius 3 is 1.77 bits per heavy atom. The Hall–Kier alpha value is -1.36. The molecule has 3 N–H and O–H groups in total. The molecule has 5 heteroatoms. The number of carbonyl (C=O) groups excluding carboxylic acids is 1. The number of nitrogens with two attached hydrogens (primary N) is 1. The fourth-order valence-electron chi connectivity index (χ4n) is 3.80. The van der Waals surface area contributed by atoms with Crippen molar-refractivity contribution < 1.29 is 9.21 Å². The molecule has 1 unspecified atom stereocenters. The number of aromatic nitrogens is 1. The van der Waals surface area contributed by atoms with Crippen LogP contribution < -0.4 is 11.1 Å². The lowest BCUT2D eigenvalue weighted by molar-refractivity contribution is 0.0948. The standard InChI is InChI=1S/C26H49N3O2/c1-4-5-6-7-8-9-10-11-12-13-14-15-16-17-18-19-20-28-25(30)23-21-31-26(29-23)24(27)22(2)3/h21-22,24H,4-20,27H2,1-3H3,(H,28,30). The highest BCUT2D eigenvalue weighted by Crippen LogP contribution is 2.18. The van der Waals surface area contributed by atoms with Crippen LogP contribution in [0.15, 0.2) is 10.7 Å². The normalized spacial score (nSPS) is 12.4. The van der Waals surface area contributed by atoms with Crippen molar-refractivity contribution in [3.63, 3.8) is 0 Å². The summed E-state index contributed by atoms with van der Waals surface area (Å²) in [5.74, 6) is 0.481. The van der Waals surface area contributed by atoms with Crippen LogP contribution in [-0.2, 0) is 0 Å². The Bertz CT molecular complexity index is 557. The Labute approximate surface area is 191 Å². The van der Waals surface area contributed by atoms with Crippen LogP contribution in [0.5, 0.6) is 0 Å². The molecule has 1 rings (SSSR count). The van der Waals surface area contributed by atoms with Gasteiger partial charge in [0.05, 0.1) is 6.04 Å². The first-order chi connectivity index (χ1) is 15.1. The van der Waals surface area contributed by atoms with Crippen molar-refractivity contribution in [2.45, 2.75) is 130 Å². The third-order valence-corrected chi connectivity index (χ3v) is 6.07. The maximum Gasteiger partial charge on any atom is 0.273 e. The van der Waals surface area contributed by atoms with Gasteiger partial charge in [-0.25, -0.2) is 4.98 Å². The summed E-state index contributed by atoms with van der Waals surface area (Å²) in [5.41, 5.74) is 6.33. The van der Waals surface area contributed by atoms with Gasteiger partial charge < -0.3 is 15.5 Å². The third-order valence-electron chi connectivity index (χ3n) is 6.07. The lowest BCUT2D eigenvalue weighted by Gasteiger charge is -2.10. The van der Waals surface area contributed by atoms with Crippen LogP contribution in [-0.4, -0.2) is 17.4 Å². The molecular weight excluding hydrogens is 386 g/mol. The predicted molar refractivity (Wildman–Crippen MR) is 130 cm³/mol. The van der Waals surface area contributed by atoms with E-state index in [-0.39, 0.29) is 17.9 Å². The number of rotatable bonds is 20. The summed E-state index contributed by atoms with van der Waals surface area (Å²) < 4.78 is 5.35. The highest BCUT2D eigenvalue weighted by atomic mass is 16.3. The van der Waals surface area contributed by atoms with Crippen LogP contribution in [0.4, 0.5) is 0 Å². The van der Waals surface area contributed by atoms with E-state index in [0.29, 0.717) is 18.1 Å². The first kappa shape index (κ1) is 27.7. The summed E-state index contributed by atoms with van der Waals surface area (Å²) in [6, 6.07) is -0.276. The molecule has 0 bridgehead atoms. The number of unbranched alkanes of at least 4 members (excludes halogenated alkanes) is 15. The molecule has 0 radical (unpaired) electrons. The smallest absolute Gasteiger partial charge is 0.273 e. The zero-order valence-corrected chi connectivity index (χ0v) is 20.6. The number of nitrogens with zero attached hydrogens (tertiary/aromatic N) is 1. The van der Waals surface area contributed by atoms with Gasteiger partial charge in [-0.15, -0.1) is 0 Å². The molecule has 0 aliphatic carbocycles. The summed E-state index contributed by atoms with van der Waals surface area (Å²) in [6.45, 7) is 6.98. The van der Waals surface area contributed by atoms with Gasteiger partial charge in [0.15, 0.2) is 5.69 Å². The molecule has 0 aliphatic rings. The van der Waals surface area contributed by atoms with E-state index in [1.807, 2.05) is 13.8 Å². The van der Waals surface area contributed by atoms with E-state index in [9.17, 15) is 4.79 Å². The summed E-state index contributed by atoms with van der Waals surface area (Å²) >= 11 is 0. The fourth-order valence-corrected chi connectivity index (χ4v) is 3.80. The van der Waals surface area contributed by atoms with Gasteiger partial charge in [-0.3, -0.25) is 4.79 Å². The van der Waals surface area contributed by atoms with Gasteiger partial charge >= 0.3 is 0 Å². The van der Waals surface area contributed by atoms with Crippen molar-refractivity contribution in [2.75, 3.05) is 6.54 Å². The summed E-state index contributed by atoms with van der Waals surface area (Å²) in [4.78, 5) is 16.4. The van der Waals surface area contributed by atoms with Gasteiger partial charge in [0.1, 0.15) is 6.26 Å². The molecule has 1 aromatic heterocycles. The average Bonchev–Trinajstić information content (AvgIpc) is 3.25. The Morgan fingerprint density at radius 2 is 1.32 bits per heavy atom. The van der Waals surface area contributed by atoms with E-state index in [0.717, 1.165) is 6.42 Å². The van der Waals surface area contributed by atoms with E-state index in [2.05, 4.69) is 17.2 Å². The molecular formula is C26H49N3O2. The lowest BCUT2D eigenvalue weighted by atomic mass is 10.0. The van der Waals surface area contributed by atoms with Gasteiger partial charge in [0.25, 0.3) is 5.91 Å². The number of carbonyl (C=O) groups is 1. The first-order valence-corrected chi connectivity index (χ1v) is 13.1. The second-order valence-electron chi connectivity index (χ2n) is 9.40. The first-order valence-electron chi connectivity index (χ1n) is 13.1. The topological polar surface area (TPSA) is 81.2 Å². The van der Waals surface area contributed by atoms with Crippen molar-refractivity contribution in [1.82, 2.24) is 10.3 Å². The molecule has 1 atom stereocenters. The van der Waals surface area contributed by atoms with Crippen LogP contribution >= 0.6 is 0 Å². The Morgan fingerprint density at radius 1 is 0.871 bits per heavy atom. The van der Waals surface area contributed by atoms with Crippen molar-refractivity contribution in [3.05, 3.63) is 17.8 Å². The van der Waals surface area contributed by atoms with E-state index in [4.69, 9.17) is 10.2 Å². The van der Waals surface area contributed by atoms with Crippen LogP contribution in [0.2, 0.25) is 0 Å². The molecule has 0 saturated carbocycles. The molecule has 0 aromatic carbocycles. The van der Waals surface area contributed by atoms with E-state index in [1.165, 1.54) is 103 Å². The minimum Gasteiger partial charge on any atom is -0.446 e. The van der Waals surface area contributed by atoms with Crippen molar-refractivity contribution in [2.24, 2.45) is 11.7 Å². The lowest BCUT2D eigenvalue weighted by Crippen LogP contribution is -2.25. The molecule has 1 amide bonds. The van der Waals surface area contributed by atoms with E-state index in [1.54, 1.807) is 0 Å². The number of nitrogens with one attached hydrogen (secondary N) is 1. The molecule has 5 nitrogen and oxygen atoms in total. The van der Waals surface area contributed by atoms with Gasteiger partial charge in [-0.05, 0) is 12.3 Å². The maximum atomic E-state index is 12.1. The number of amides is 1. The zero-order chi connectivity index (χ0) is 22.7. The molecule has 0 aliphatic heterocycles. The number of hydrogen-bond acceptors (Lipinski definition) is 4.